The summed E-state index contributed by atoms with van der Waals surface area (Å²) < 4.78 is 28.2. The predicted octanol–water partition coefficient (Wildman–Crippen LogP) is 3.55. The summed E-state index contributed by atoms with van der Waals surface area (Å²) in [6.45, 7) is 4.45. The Labute approximate surface area is 176 Å². The van der Waals surface area contributed by atoms with Crippen molar-refractivity contribution in [3.63, 3.8) is 0 Å². The first-order valence-corrected chi connectivity index (χ1v) is 11.1. The number of rotatable bonds is 8. The highest BCUT2D eigenvalue weighted by molar-refractivity contribution is 7.89. The smallest absolute Gasteiger partial charge is 0.248 e. The highest BCUT2D eigenvalue weighted by atomic mass is 32.2. The Bertz CT molecular complexity index is 1120. The molecule has 1 amide bonds. The van der Waals surface area contributed by atoms with Crippen LogP contribution in [0.4, 0.5) is 5.69 Å². The molecule has 0 radical (unpaired) electrons. The van der Waals surface area contributed by atoms with Gasteiger partial charge >= 0.3 is 0 Å². The number of nitrogens with zero attached hydrogens (tertiary/aromatic N) is 3. The van der Waals surface area contributed by atoms with Gasteiger partial charge in [-0.25, -0.2) is 13.1 Å². The Balaban J connectivity index is 1.66. The van der Waals surface area contributed by atoms with Crippen molar-refractivity contribution in [1.82, 2.24) is 14.1 Å². The first-order chi connectivity index (χ1) is 14.4. The lowest BCUT2D eigenvalue weighted by molar-refractivity contribution is -0.111. The molecule has 0 saturated heterocycles. The van der Waals surface area contributed by atoms with Crippen LogP contribution in [-0.4, -0.2) is 41.5 Å². The van der Waals surface area contributed by atoms with E-state index in [-0.39, 0.29) is 10.8 Å². The third-order valence-electron chi connectivity index (χ3n) is 4.53. The minimum atomic E-state index is -3.49. The number of sulfonamides is 1. The first-order valence-electron chi connectivity index (χ1n) is 9.63. The molecule has 156 valence electrons. The molecule has 1 N–H and O–H groups in total. The molecule has 0 saturated carbocycles. The van der Waals surface area contributed by atoms with Gasteiger partial charge in [-0.2, -0.15) is 9.40 Å². The second-order valence-corrected chi connectivity index (χ2v) is 8.42. The second kappa shape index (κ2) is 9.51. The highest BCUT2D eigenvalue weighted by Gasteiger charge is 2.20. The summed E-state index contributed by atoms with van der Waals surface area (Å²) >= 11 is 0. The van der Waals surface area contributed by atoms with Crippen molar-refractivity contribution in [3.8, 4) is 5.69 Å². The molecule has 0 fully saturated rings. The maximum absolute atomic E-state index is 12.5. The standard InChI is InChI=1S/C22H24N4O3S/c1-3-25(4-2)30(28,29)21-12-9-18(10-13-21)11-14-22(27)24-19-7-5-8-20(17-19)26-16-6-15-23-26/h5-17H,3-4H2,1-2H3,(H,24,27). The summed E-state index contributed by atoms with van der Waals surface area (Å²) in [5.41, 5.74) is 2.22. The van der Waals surface area contributed by atoms with Crippen LogP contribution in [0.25, 0.3) is 11.8 Å². The minimum absolute atomic E-state index is 0.239. The summed E-state index contributed by atoms with van der Waals surface area (Å²) in [5, 5.41) is 6.98. The molecule has 0 atom stereocenters. The summed E-state index contributed by atoms with van der Waals surface area (Å²) in [5.74, 6) is -0.285. The number of aromatic nitrogens is 2. The zero-order valence-corrected chi connectivity index (χ0v) is 17.7. The minimum Gasteiger partial charge on any atom is -0.322 e. The Morgan fingerprint density at radius 3 is 2.47 bits per heavy atom. The van der Waals surface area contributed by atoms with E-state index in [2.05, 4.69) is 10.4 Å². The SMILES string of the molecule is CCN(CC)S(=O)(=O)c1ccc(C=CC(=O)Nc2cccc(-n3cccn3)c2)cc1. The monoisotopic (exact) mass is 424 g/mol. The van der Waals surface area contributed by atoms with Crippen molar-refractivity contribution in [1.29, 1.82) is 0 Å². The quantitative estimate of drug-likeness (QED) is 0.561. The van der Waals surface area contributed by atoms with Crippen LogP contribution < -0.4 is 5.32 Å². The van der Waals surface area contributed by atoms with Gasteiger partial charge in [0.1, 0.15) is 0 Å². The molecule has 3 rings (SSSR count). The lowest BCUT2D eigenvalue weighted by Crippen LogP contribution is -2.30. The van der Waals surface area contributed by atoms with E-state index in [9.17, 15) is 13.2 Å². The van der Waals surface area contributed by atoms with Crippen molar-refractivity contribution < 1.29 is 13.2 Å². The molecule has 8 heteroatoms. The van der Waals surface area contributed by atoms with Crippen LogP contribution >= 0.6 is 0 Å². The van der Waals surface area contributed by atoms with Crippen LogP contribution in [-0.2, 0) is 14.8 Å². The molecule has 0 unspecified atom stereocenters. The average molecular weight is 425 g/mol. The molecule has 3 aromatic rings. The largest absolute Gasteiger partial charge is 0.322 e. The van der Waals surface area contributed by atoms with Crippen molar-refractivity contribution in [2.45, 2.75) is 18.7 Å². The molecule has 0 aliphatic heterocycles. The lowest BCUT2D eigenvalue weighted by atomic mass is 10.2. The number of nitrogens with one attached hydrogen (secondary N) is 1. The van der Waals surface area contributed by atoms with Crippen molar-refractivity contribution in [3.05, 3.63) is 78.6 Å². The predicted molar refractivity (Wildman–Crippen MR) is 118 cm³/mol. The van der Waals surface area contributed by atoms with E-state index in [4.69, 9.17) is 0 Å². The fourth-order valence-corrected chi connectivity index (χ4v) is 4.43. The third kappa shape index (κ3) is 5.03. The van der Waals surface area contributed by atoms with Crippen LogP contribution in [0.3, 0.4) is 0 Å². The fourth-order valence-electron chi connectivity index (χ4n) is 2.97. The van der Waals surface area contributed by atoms with E-state index in [1.165, 1.54) is 10.4 Å². The Hall–Kier alpha value is -3.23. The van der Waals surface area contributed by atoms with E-state index in [0.29, 0.717) is 18.8 Å². The van der Waals surface area contributed by atoms with Gasteiger partial charge in [0.15, 0.2) is 0 Å². The van der Waals surface area contributed by atoms with E-state index in [1.807, 2.05) is 44.3 Å². The Morgan fingerprint density at radius 1 is 1.10 bits per heavy atom. The average Bonchev–Trinajstić information content (AvgIpc) is 3.28. The normalized spacial score (nSPS) is 11.8. The molecule has 0 spiro atoms. The van der Waals surface area contributed by atoms with Crippen LogP contribution in [0.1, 0.15) is 19.4 Å². The van der Waals surface area contributed by atoms with Gasteiger partial charge in [-0.15, -0.1) is 0 Å². The van der Waals surface area contributed by atoms with Crippen LogP contribution in [0.2, 0.25) is 0 Å². The topological polar surface area (TPSA) is 84.3 Å². The molecule has 2 aromatic carbocycles. The van der Waals surface area contributed by atoms with Gasteiger partial charge in [0.2, 0.25) is 15.9 Å². The van der Waals surface area contributed by atoms with Gasteiger partial charge in [-0.1, -0.05) is 32.0 Å². The molecule has 0 aliphatic rings. The molecule has 1 aromatic heterocycles. The van der Waals surface area contributed by atoms with Gasteiger partial charge in [-0.05, 0) is 48.0 Å². The molecule has 0 bridgehead atoms. The molecule has 30 heavy (non-hydrogen) atoms. The zero-order chi connectivity index (χ0) is 21.6. The second-order valence-electron chi connectivity index (χ2n) is 6.48. The zero-order valence-electron chi connectivity index (χ0n) is 16.9. The van der Waals surface area contributed by atoms with Gasteiger partial charge in [-0.3, -0.25) is 4.79 Å². The van der Waals surface area contributed by atoms with Crippen molar-refractivity contribution in [2.75, 3.05) is 18.4 Å². The van der Waals surface area contributed by atoms with E-state index < -0.39 is 10.0 Å². The van der Waals surface area contributed by atoms with Crippen LogP contribution in [0.15, 0.2) is 78.0 Å². The molecule has 1 heterocycles. The number of benzene rings is 2. The highest BCUT2D eigenvalue weighted by Crippen LogP contribution is 2.17. The fraction of sp³-hybridized carbons (Fsp3) is 0.182. The lowest BCUT2D eigenvalue weighted by Gasteiger charge is -2.18. The summed E-state index contributed by atoms with van der Waals surface area (Å²) in [4.78, 5) is 12.5. The Morgan fingerprint density at radius 2 is 1.83 bits per heavy atom. The van der Waals surface area contributed by atoms with Crippen LogP contribution in [0.5, 0.6) is 0 Å². The number of amides is 1. The number of carbonyl (C=O) groups is 1. The van der Waals surface area contributed by atoms with Crippen molar-refractivity contribution in [2.24, 2.45) is 0 Å². The number of hydrogen-bond donors (Lipinski definition) is 1. The summed E-state index contributed by atoms with van der Waals surface area (Å²) in [6.07, 6.45) is 6.56. The number of anilines is 1. The number of hydrogen-bond acceptors (Lipinski definition) is 4. The van der Waals surface area contributed by atoms with Gasteiger partial charge in [0.25, 0.3) is 0 Å². The van der Waals surface area contributed by atoms with E-state index in [1.54, 1.807) is 47.3 Å². The van der Waals surface area contributed by atoms with Crippen molar-refractivity contribution >= 4 is 27.7 Å². The molecular formula is C22H24N4O3S. The molecule has 0 aliphatic carbocycles. The van der Waals surface area contributed by atoms with Gasteiger partial charge < -0.3 is 5.32 Å². The molecule has 7 nitrogen and oxygen atoms in total. The third-order valence-corrected chi connectivity index (χ3v) is 6.60. The van der Waals surface area contributed by atoms with E-state index >= 15 is 0 Å². The van der Waals surface area contributed by atoms with Gasteiger partial charge in [0, 0.05) is 37.2 Å². The van der Waals surface area contributed by atoms with Gasteiger partial charge in [0.05, 0.1) is 10.6 Å². The summed E-state index contributed by atoms with van der Waals surface area (Å²) in [6, 6.07) is 15.6. The van der Waals surface area contributed by atoms with Crippen LogP contribution in [0, 0.1) is 0 Å². The first kappa shape index (κ1) is 21.5. The maximum atomic E-state index is 12.5. The molecular weight excluding hydrogens is 400 g/mol. The Kier molecular flexibility index (Phi) is 6.81. The van der Waals surface area contributed by atoms with E-state index in [0.717, 1.165) is 11.3 Å². The maximum Gasteiger partial charge on any atom is 0.248 e. The number of carbonyl (C=O) groups excluding carboxylic acids is 1. The summed E-state index contributed by atoms with van der Waals surface area (Å²) in [7, 11) is -3.49.